The minimum Gasteiger partial charge on any atom is -0.410 e. The first-order valence-corrected chi connectivity index (χ1v) is 8.76. The largest absolute Gasteiger partial charge is 0.415 e. The molecule has 0 atom stereocenters. The quantitative estimate of drug-likeness (QED) is 0.780. The minimum absolute atomic E-state index is 0.101. The van der Waals surface area contributed by atoms with Crippen molar-refractivity contribution in [2.75, 3.05) is 39.3 Å². The number of benzene rings is 1. The van der Waals surface area contributed by atoms with E-state index in [2.05, 4.69) is 0 Å². The minimum atomic E-state index is -4.43. The molecule has 1 heterocycles. The number of hydrogen-bond donors (Lipinski definition) is 0. The lowest BCUT2D eigenvalue weighted by Crippen LogP contribution is -2.53. The number of hydrogen-bond acceptors (Lipinski definition) is 4. The standard InChI is InChI=1S/C18H24F3N3O3/c1-14(2)24(13-18(19,20)21)16(25)12-22-8-10-23(11-9-22)17(26)27-15-6-4-3-5-7-15/h3-7,14H,8-13H2,1-2H3. The molecule has 2 amide bonds. The highest BCUT2D eigenvalue weighted by molar-refractivity contribution is 5.78. The van der Waals surface area contributed by atoms with Crippen molar-refractivity contribution in [3.8, 4) is 5.75 Å². The average molecular weight is 387 g/mol. The van der Waals surface area contributed by atoms with E-state index in [0.717, 1.165) is 4.90 Å². The molecule has 1 fully saturated rings. The van der Waals surface area contributed by atoms with Crippen LogP contribution in [-0.2, 0) is 4.79 Å². The van der Waals surface area contributed by atoms with Gasteiger partial charge in [0.15, 0.2) is 0 Å². The molecule has 0 radical (unpaired) electrons. The molecule has 27 heavy (non-hydrogen) atoms. The Balaban J connectivity index is 1.82. The summed E-state index contributed by atoms with van der Waals surface area (Å²) in [4.78, 5) is 28.5. The molecule has 0 aliphatic carbocycles. The number of halogens is 3. The van der Waals surface area contributed by atoms with E-state index in [-0.39, 0.29) is 6.54 Å². The van der Waals surface area contributed by atoms with Gasteiger partial charge in [0.25, 0.3) is 0 Å². The number of amides is 2. The molecule has 0 bridgehead atoms. The van der Waals surface area contributed by atoms with Crippen LogP contribution in [-0.4, -0.2) is 78.2 Å². The molecular weight excluding hydrogens is 363 g/mol. The van der Waals surface area contributed by atoms with Crippen LogP contribution >= 0.6 is 0 Å². The maximum Gasteiger partial charge on any atom is 0.415 e. The predicted molar refractivity (Wildman–Crippen MR) is 93.4 cm³/mol. The molecule has 0 unspecified atom stereocenters. The summed E-state index contributed by atoms with van der Waals surface area (Å²) in [5.74, 6) is -0.123. The lowest BCUT2D eigenvalue weighted by molar-refractivity contribution is -0.165. The molecule has 0 saturated carbocycles. The number of carbonyl (C=O) groups is 2. The maximum absolute atomic E-state index is 12.7. The number of alkyl halides is 3. The second kappa shape index (κ2) is 9.07. The van der Waals surface area contributed by atoms with E-state index in [1.54, 1.807) is 43.0 Å². The monoisotopic (exact) mass is 387 g/mol. The fourth-order valence-electron chi connectivity index (χ4n) is 2.78. The zero-order chi connectivity index (χ0) is 20.0. The normalized spacial score (nSPS) is 15.7. The summed E-state index contributed by atoms with van der Waals surface area (Å²) in [7, 11) is 0. The van der Waals surface area contributed by atoms with Crippen LogP contribution in [0.15, 0.2) is 30.3 Å². The van der Waals surface area contributed by atoms with E-state index < -0.39 is 30.8 Å². The van der Waals surface area contributed by atoms with Crippen molar-refractivity contribution in [3.05, 3.63) is 30.3 Å². The van der Waals surface area contributed by atoms with Gasteiger partial charge in [-0.05, 0) is 26.0 Å². The van der Waals surface area contributed by atoms with Gasteiger partial charge in [0, 0.05) is 32.2 Å². The van der Waals surface area contributed by atoms with Crippen LogP contribution in [0.2, 0.25) is 0 Å². The van der Waals surface area contributed by atoms with Crippen LogP contribution in [0, 0.1) is 0 Å². The lowest BCUT2D eigenvalue weighted by Gasteiger charge is -2.35. The number of para-hydroxylation sites is 1. The van der Waals surface area contributed by atoms with Crippen molar-refractivity contribution in [2.24, 2.45) is 0 Å². The SMILES string of the molecule is CC(C)N(CC(F)(F)F)C(=O)CN1CCN(C(=O)Oc2ccccc2)CC1. The highest BCUT2D eigenvalue weighted by Gasteiger charge is 2.35. The first-order valence-electron chi connectivity index (χ1n) is 8.76. The Morgan fingerprint density at radius 1 is 1.11 bits per heavy atom. The summed E-state index contributed by atoms with van der Waals surface area (Å²) in [6.07, 6.45) is -4.91. The summed E-state index contributed by atoms with van der Waals surface area (Å²) >= 11 is 0. The molecule has 1 aromatic rings. The molecule has 1 aliphatic rings. The van der Waals surface area contributed by atoms with E-state index in [1.165, 1.54) is 4.90 Å². The van der Waals surface area contributed by atoms with Crippen LogP contribution < -0.4 is 4.74 Å². The third-order valence-corrected chi connectivity index (χ3v) is 4.23. The van der Waals surface area contributed by atoms with Gasteiger partial charge in [0.2, 0.25) is 5.91 Å². The number of carbonyl (C=O) groups excluding carboxylic acids is 2. The van der Waals surface area contributed by atoms with Crippen molar-refractivity contribution in [1.82, 2.24) is 14.7 Å². The van der Waals surface area contributed by atoms with Crippen molar-refractivity contribution >= 4 is 12.0 Å². The van der Waals surface area contributed by atoms with E-state index in [1.807, 2.05) is 6.07 Å². The van der Waals surface area contributed by atoms with Crippen LogP contribution in [0.5, 0.6) is 5.75 Å². The van der Waals surface area contributed by atoms with Gasteiger partial charge < -0.3 is 14.5 Å². The van der Waals surface area contributed by atoms with Crippen LogP contribution in [0.4, 0.5) is 18.0 Å². The summed E-state index contributed by atoms with van der Waals surface area (Å²) in [6.45, 7) is 3.24. The van der Waals surface area contributed by atoms with Crippen molar-refractivity contribution < 1.29 is 27.5 Å². The molecule has 9 heteroatoms. The number of ether oxygens (including phenoxy) is 1. The van der Waals surface area contributed by atoms with Gasteiger partial charge in [-0.25, -0.2) is 4.79 Å². The molecule has 0 N–H and O–H groups in total. The topological polar surface area (TPSA) is 53.1 Å². The van der Waals surface area contributed by atoms with Crippen LogP contribution in [0.25, 0.3) is 0 Å². The fraction of sp³-hybridized carbons (Fsp3) is 0.556. The van der Waals surface area contributed by atoms with Gasteiger partial charge >= 0.3 is 12.3 Å². The summed E-state index contributed by atoms with van der Waals surface area (Å²) < 4.78 is 43.2. The Morgan fingerprint density at radius 2 is 1.70 bits per heavy atom. The molecule has 1 aliphatic heterocycles. The van der Waals surface area contributed by atoms with Crippen LogP contribution in [0.1, 0.15) is 13.8 Å². The highest BCUT2D eigenvalue weighted by atomic mass is 19.4. The third kappa shape index (κ3) is 6.74. The molecular formula is C18H24F3N3O3. The molecule has 0 aromatic heterocycles. The van der Waals surface area contributed by atoms with Gasteiger partial charge in [0.1, 0.15) is 12.3 Å². The Morgan fingerprint density at radius 3 is 2.22 bits per heavy atom. The highest BCUT2D eigenvalue weighted by Crippen LogP contribution is 2.18. The summed E-state index contributed by atoms with van der Waals surface area (Å²) in [6, 6.07) is 8.14. The van der Waals surface area contributed by atoms with Crippen LogP contribution in [0.3, 0.4) is 0 Å². The van der Waals surface area contributed by atoms with Gasteiger partial charge in [-0.15, -0.1) is 0 Å². The Bertz CT molecular complexity index is 630. The number of rotatable bonds is 5. The molecule has 150 valence electrons. The smallest absolute Gasteiger partial charge is 0.410 e. The van der Waals surface area contributed by atoms with E-state index in [4.69, 9.17) is 4.74 Å². The summed E-state index contributed by atoms with van der Waals surface area (Å²) in [5, 5.41) is 0. The molecule has 0 spiro atoms. The first-order chi connectivity index (χ1) is 12.7. The summed E-state index contributed by atoms with van der Waals surface area (Å²) in [5.41, 5.74) is 0. The van der Waals surface area contributed by atoms with Crippen molar-refractivity contribution in [2.45, 2.75) is 26.1 Å². The maximum atomic E-state index is 12.7. The first kappa shape index (κ1) is 21.0. The Labute approximate surface area is 156 Å². The molecule has 1 aromatic carbocycles. The lowest BCUT2D eigenvalue weighted by atomic mass is 10.2. The molecule has 1 saturated heterocycles. The van der Waals surface area contributed by atoms with Crippen molar-refractivity contribution in [3.63, 3.8) is 0 Å². The van der Waals surface area contributed by atoms with Gasteiger partial charge in [-0.3, -0.25) is 9.69 Å². The second-order valence-electron chi connectivity index (χ2n) is 6.67. The zero-order valence-corrected chi connectivity index (χ0v) is 15.4. The predicted octanol–water partition coefficient (Wildman–Crippen LogP) is 2.60. The van der Waals surface area contributed by atoms with E-state index >= 15 is 0 Å². The Hall–Kier alpha value is -2.29. The molecule has 6 nitrogen and oxygen atoms in total. The third-order valence-electron chi connectivity index (χ3n) is 4.23. The number of nitrogens with zero attached hydrogens (tertiary/aromatic N) is 3. The fourth-order valence-corrected chi connectivity index (χ4v) is 2.78. The molecule has 2 rings (SSSR count). The van der Waals surface area contributed by atoms with Gasteiger partial charge in [-0.1, -0.05) is 18.2 Å². The van der Waals surface area contributed by atoms with Gasteiger partial charge in [-0.2, -0.15) is 13.2 Å². The van der Waals surface area contributed by atoms with E-state index in [9.17, 15) is 22.8 Å². The average Bonchev–Trinajstić information content (AvgIpc) is 2.60. The van der Waals surface area contributed by atoms with E-state index in [0.29, 0.717) is 31.9 Å². The Kier molecular flexibility index (Phi) is 7.06. The number of piperazine rings is 1. The second-order valence-corrected chi connectivity index (χ2v) is 6.67. The zero-order valence-electron chi connectivity index (χ0n) is 15.4. The van der Waals surface area contributed by atoms with Crippen molar-refractivity contribution in [1.29, 1.82) is 0 Å². The van der Waals surface area contributed by atoms with Gasteiger partial charge in [0.05, 0.1) is 6.54 Å².